The van der Waals surface area contributed by atoms with E-state index in [0.29, 0.717) is 34.9 Å². The van der Waals surface area contributed by atoms with Crippen LogP contribution in [0.2, 0.25) is 0 Å². The van der Waals surface area contributed by atoms with Crippen LogP contribution in [0, 0.1) is 0 Å². The van der Waals surface area contributed by atoms with E-state index in [2.05, 4.69) is 132 Å². The third-order valence-corrected chi connectivity index (χ3v) is 11.5. The van der Waals surface area contributed by atoms with Crippen molar-refractivity contribution < 1.29 is 0 Å². The van der Waals surface area contributed by atoms with Crippen LogP contribution in [0.1, 0.15) is 0 Å². The van der Waals surface area contributed by atoms with Crippen LogP contribution in [0.3, 0.4) is 0 Å². The van der Waals surface area contributed by atoms with Gasteiger partial charge in [-0.1, -0.05) is 194 Å². The fourth-order valence-corrected chi connectivity index (χ4v) is 8.14. The Hall–Kier alpha value is -9.07. The summed E-state index contributed by atoms with van der Waals surface area (Å²) in [6.45, 7) is 0. The molecule has 11 aromatic rings. The number of hydrogen-bond donors (Lipinski definition) is 0. The van der Waals surface area contributed by atoms with Gasteiger partial charge in [0.25, 0.3) is 0 Å². The Kier molecular flexibility index (Phi) is 10.8. The molecule has 7 heteroatoms. The molecule has 0 fully saturated rings. The molecule has 310 valence electrons. The molecule has 0 aliphatic rings. The third kappa shape index (κ3) is 8.40. The van der Waals surface area contributed by atoms with Crippen LogP contribution in [0.25, 0.3) is 113 Å². The van der Waals surface area contributed by atoms with Crippen molar-refractivity contribution >= 4 is 0 Å². The van der Waals surface area contributed by atoms with E-state index >= 15 is 0 Å². The van der Waals surface area contributed by atoms with E-state index in [4.69, 9.17) is 29.9 Å². The number of aromatic nitrogens is 7. The molecule has 8 aromatic carbocycles. The highest BCUT2D eigenvalue weighted by molar-refractivity contribution is 5.89. The molecule has 0 spiro atoms. The third-order valence-electron chi connectivity index (χ3n) is 11.5. The Morgan fingerprint density at radius 3 is 0.985 bits per heavy atom. The maximum absolute atomic E-state index is 5.10. The summed E-state index contributed by atoms with van der Waals surface area (Å²) in [6, 6.07) is 76.5. The minimum atomic E-state index is 0.593. The number of benzene rings is 8. The summed E-state index contributed by atoms with van der Waals surface area (Å²) in [5.74, 6) is 3.67. The average molecular weight is 846 g/mol. The van der Waals surface area contributed by atoms with Crippen LogP contribution in [0.4, 0.5) is 0 Å². The van der Waals surface area contributed by atoms with Crippen molar-refractivity contribution in [2.75, 3.05) is 0 Å². The van der Waals surface area contributed by atoms with Gasteiger partial charge >= 0.3 is 0 Å². The lowest BCUT2D eigenvalue weighted by Crippen LogP contribution is -2.00. The monoisotopic (exact) mass is 845 g/mol. The van der Waals surface area contributed by atoms with E-state index in [-0.39, 0.29) is 0 Å². The van der Waals surface area contributed by atoms with Gasteiger partial charge in [-0.05, 0) is 74.8 Å². The van der Waals surface area contributed by atoms with Crippen molar-refractivity contribution in [3.63, 3.8) is 0 Å². The molecule has 0 saturated heterocycles. The Balaban J connectivity index is 0.983. The number of rotatable bonds is 10. The minimum absolute atomic E-state index is 0.593. The lowest BCUT2D eigenvalue weighted by molar-refractivity contribution is 1.07. The SMILES string of the molecule is c1ccc(-c2ccc(-c3nc(-c4ccccc4)nc(-c4cccc(-c5ccc(-c6cccc(-c7nc(-c8ccccc8)nc(-c8ccccc8)n7)c6)cc5-c5ccncc5)c4)n3)cc2)cc1. The molecule has 3 aromatic heterocycles. The molecular weight excluding hydrogens is 807 g/mol. The Labute approximate surface area is 383 Å². The average Bonchev–Trinajstić information content (AvgIpc) is 3.42. The molecule has 0 amide bonds. The molecule has 3 heterocycles. The molecule has 0 unspecified atom stereocenters. The molecule has 0 bridgehead atoms. The number of nitrogens with zero attached hydrogens (tertiary/aromatic N) is 7. The molecule has 0 radical (unpaired) electrons. The summed E-state index contributed by atoms with van der Waals surface area (Å²) in [7, 11) is 0. The second-order valence-electron chi connectivity index (χ2n) is 15.8. The van der Waals surface area contributed by atoms with Crippen LogP contribution in [0.5, 0.6) is 0 Å². The highest BCUT2D eigenvalue weighted by Gasteiger charge is 2.17. The lowest BCUT2D eigenvalue weighted by atomic mass is 9.90. The van der Waals surface area contributed by atoms with E-state index < -0.39 is 0 Å². The Morgan fingerprint density at radius 1 is 0.182 bits per heavy atom. The van der Waals surface area contributed by atoms with Crippen molar-refractivity contribution in [1.82, 2.24) is 34.9 Å². The normalized spacial score (nSPS) is 11.0. The van der Waals surface area contributed by atoms with Crippen molar-refractivity contribution in [2.24, 2.45) is 0 Å². The van der Waals surface area contributed by atoms with Gasteiger partial charge in [0.2, 0.25) is 0 Å². The zero-order chi connectivity index (χ0) is 44.1. The first-order valence-electron chi connectivity index (χ1n) is 21.8. The fraction of sp³-hybridized carbons (Fsp3) is 0. The van der Waals surface area contributed by atoms with Crippen molar-refractivity contribution in [2.45, 2.75) is 0 Å². The lowest BCUT2D eigenvalue weighted by Gasteiger charge is -2.15. The van der Waals surface area contributed by atoms with Crippen LogP contribution in [0.15, 0.2) is 237 Å². The standard InChI is InChI=1S/C59H39N7/c1-5-15-40(16-6-1)41-27-29-46(30-28-41)57-62-56(45-21-11-4-12-22-45)65-59(66-57)51-26-14-24-49(38-51)52-32-31-48(39-53(52)42-33-35-60-36-34-42)47-23-13-25-50(37-47)58-63-54(43-17-7-2-8-18-43)61-55(64-58)44-19-9-3-10-20-44/h1-39H. The Morgan fingerprint density at radius 2 is 0.500 bits per heavy atom. The van der Waals surface area contributed by atoms with Gasteiger partial charge in [-0.3, -0.25) is 4.98 Å². The summed E-state index contributed by atoms with van der Waals surface area (Å²) >= 11 is 0. The summed E-state index contributed by atoms with van der Waals surface area (Å²) in [6.07, 6.45) is 3.67. The maximum Gasteiger partial charge on any atom is 0.164 e. The predicted molar refractivity (Wildman–Crippen MR) is 265 cm³/mol. The number of pyridine rings is 1. The van der Waals surface area contributed by atoms with Gasteiger partial charge in [0.15, 0.2) is 34.9 Å². The minimum Gasteiger partial charge on any atom is -0.265 e. The van der Waals surface area contributed by atoms with Crippen LogP contribution >= 0.6 is 0 Å². The zero-order valence-electron chi connectivity index (χ0n) is 35.6. The van der Waals surface area contributed by atoms with E-state index in [1.54, 1.807) is 0 Å². The van der Waals surface area contributed by atoms with Crippen molar-refractivity contribution in [1.29, 1.82) is 0 Å². The second kappa shape index (κ2) is 18.0. The van der Waals surface area contributed by atoms with E-state index in [1.165, 1.54) is 0 Å². The molecular formula is C59H39N7. The molecule has 0 N–H and O–H groups in total. The molecule has 66 heavy (non-hydrogen) atoms. The zero-order valence-corrected chi connectivity index (χ0v) is 35.6. The molecule has 7 nitrogen and oxygen atoms in total. The van der Waals surface area contributed by atoms with E-state index in [0.717, 1.165) is 77.9 Å². The summed E-state index contributed by atoms with van der Waals surface area (Å²) in [5.41, 5.74) is 14.1. The van der Waals surface area contributed by atoms with Gasteiger partial charge in [-0.2, -0.15) is 0 Å². The smallest absolute Gasteiger partial charge is 0.164 e. The summed E-state index contributed by atoms with van der Waals surface area (Å²) in [5, 5.41) is 0. The van der Waals surface area contributed by atoms with E-state index in [1.807, 2.05) is 109 Å². The van der Waals surface area contributed by atoms with Crippen LogP contribution < -0.4 is 0 Å². The second-order valence-corrected chi connectivity index (χ2v) is 15.8. The molecule has 0 saturated carbocycles. The Bertz CT molecular complexity index is 3380. The quantitative estimate of drug-likeness (QED) is 0.135. The van der Waals surface area contributed by atoms with Crippen molar-refractivity contribution in [3.8, 4) is 113 Å². The maximum atomic E-state index is 5.10. The van der Waals surface area contributed by atoms with Gasteiger partial charge in [0, 0.05) is 45.8 Å². The summed E-state index contributed by atoms with van der Waals surface area (Å²) < 4.78 is 0. The van der Waals surface area contributed by atoms with Crippen molar-refractivity contribution in [3.05, 3.63) is 237 Å². The summed E-state index contributed by atoms with van der Waals surface area (Å²) in [4.78, 5) is 34.4. The molecule has 0 aliphatic carbocycles. The highest BCUT2D eigenvalue weighted by Crippen LogP contribution is 2.38. The topological polar surface area (TPSA) is 90.2 Å². The number of hydrogen-bond acceptors (Lipinski definition) is 7. The largest absolute Gasteiger partial charge is 0.265 e. The van der Waals surface area contributed by atoms with Gasteiger partial charge in [0.1, 0.15) is 0 Å². The molecule has 0 atom stereocenters. The van der Waals surface area contributed by atoms with Gasteiger partial charge in [0.05, 0.1) is 0 Å². The predicted octanol–water partition coefficient (Wildman–Crippen LogP) is 14.1. The first-order valence-corrected chi connectivity index (χ1v) is 21.8. The van der Waals surface area contributed by atoms with E-state index in [9.17, 15) is 0 Å². The molecule has 0 aliphatic heterocycles. The first-order chi connectivity index (χ1) is 32.7. The van der Waals surface area contributed by atoms with Crippen LogP contribution in [-0.2, 0) is 0 Å². The highest BCUT2D eigenvalue weighted by atomic mass is 15.0. The molecule has 11 rings (SSSR count). The van der Waals surface area contributed by atoms with Gasteiger partial charge in [-0.25, -0.2) is 29.9 Å². The van der Waals surface area contributed by atoms with Gasteiger partial charge < -0.3 is 0 Å². The first kappa shape index (κ1) is 39.8. The van der Waals surface area contributed by atoms with Crippen LogP contribution in [-0.4, -0.2) is 34.9 Å². The fourth-order valence-electron chi connectivity index (χ4n) is 8.14. The van der Waals surface area contributed by atoms with Gasteiger partial charge in [-0.15, -0.1) is 0 Å².